The van der Waals surface area contributed by atoms with Crippen molar-refractivity contribution >= 4 is 10.1 Å². The van der Waals surface area contributed by atoms with Crippen molar-refractivity contribution in [2.45, 2.75) is 44.9 Å². The van der Waals surface area contributed by atoms with Crippen LogP contribution in [0.2, 0.25) is 0 Å². The first-order chi connectivity index (χ1) is 10.3. The second-order valence-corrected chi connectivity index (χ2v) is 6.67. The SMILES string of the molecule is CCCCc1c[nH]c(C)[n+]1C.Cc1ccc(S(=O)(=O)[O-])cc1. The number of hydrogen-bond donors (Lipinski definition) is 1. The summed E-state index contributed by atoms with van der Waals surface area (Å²) in [5.74, 6) is 1.23. The minimum atomic E-state index is -4.27. The van der Waals surface area contributed by atoms with E-state index in [1.807, 2.05) is 6.92 Å². The maximum absolute atomic E-state index is 10.4. The van der Waals surface area contributed by atoms with Gasteiger partial charge in [0.2, 0.25) is 0 Å². The van der Waals surface area contributed by atoms with Crippen LogP contribution < -0.4 is 4.57 Å². The number of aromatic amines is 1. The molecule has 22 heavy (non-hydrogen) atoms. The fourth-order valence-corrected chi connectivity index (χ4v) is 2.37. The summed E-state index contributed by atoms with van der Waals surface area (Å²) >= 11 is 0. The van der Waals surface area contributed by atoms with Gasteiger partial charge in [-0.1, -0.05) is 31.0 Å². The molecule has 0 spiro atoms. The summed E-state index contributed by atoms with van der Waals surface area (Å²) in [4.78, 5) is 3.03. The van der Waals surface area contributed by atoms with Crippen molar-refractivity contribution in [3.63, 3.8) is 0 Å². The first-order valence-electron chi connectivity index (χ1n) is 7.31. The number of benzene rings is 1. The summed E-state index contributed by atoms with van der Waals surface area (Å²) < 4.78 is 33.4. The summed E-state index contributed by atoms with van der Waals surface area (Å²) in [6, 6.07) is 5.78. The molecule has 0 radical (unpaired) electrons. The highest BCUT2D eigenvalue weighted by Crippen LogP contribution is 2.08. The van der Waals surface area contributed by atoms with Gasteiger partial charge in [-0.25, -0.2) is 18.0 Å². The molecule has 5 nitrogen and oxygen atoms in total. The summed E-state index contributed by atoms with van der Waals surface area (Å²) in [6.07, 6.45) is 5.84. The maximum Gasteiger partial charge on any atom is 0.251 e. The van der Waals surface area contributed by atoms with Gasteiger partial charge in [-0.2, -0.15) is 0 Å². The third-order valence-corrected chi connectivity index (χ3v) is 4.33. The van der Waals surface area contributed by atoms with Gasteiger partial charge < -0.3 is 4.55 Å². The number of H-pyrrole nitrogens is 1. The molecule has 0 aliphatic rings. The molecule has 0 amide bonds. The van der Waals surface area contributed by atoms with Crippen LogP contribution in [-0.4, -0.2) is 18.0 Å². The average molecular weight is 324 g/mol. The molecule has 2 aromatic rings. The van der Waals surface area contributed by atoms with Crippen LogP contribution in [0.1, 0.15) is 36.8 Å². The number of unbranched alkanes of at least 4 members (excludes halogenated alkanes) is 1. The molecule has 0 aliphatic carbocycles. The molecule has 2 rings (SSSR count). The Labute approximate surface area is 132 Å². The van der Waals surface area contributed by atoms with Crippen molar-refractivity contribution in [1.82, 2.24) is 4.98 Å². The van der Waals surface area contributed by atoms with Crippen molar-refractivity contribution in [3.8, 4) is 0 Å². The highest BCUT2D eigenvalue weighted by atomic mass is 32.2. The molecule has 1 N–H and O–H groups in total. The van der Waals surface area contributed by atoms with E-state index in [0.29, 0.717) is 0 Å². The maximum atomic E-state index is 10.4. The summed E-state index contributed by atoms with van der Waals surface area (Å²) in [6.45, 7) is 6.14. The molecule has 0 aliphatic heterocycles. The van der Waals surface area contributed by atoms with Gasteiger partial charge >= 0.3 is 0 Å². The molecule has 0 saturated heterocycles. The van der Waals surface area contributed by atoms with E-state index in [4.69, 9.17) is 0 Å². The fourth-order valence-electron chi connectivity index (χ4n) is 1.90. The minimum absolute atomic E-state index is 0.178. The molecule has 0 atom stereocenters. The third kappa shape index (κ3) is 5.61. The number of rotatable bonds is 4. The molecule has 1 aromatic carbocycles. The predicted molar refractivity (Wildman–Crippen MR) is 84.5 cm³/mol. The Morgan fingerprint density at radius 1 is 1.18 bits per heavy atom. The minimum Gasteiger partial charge on any atom is -0.744 e. The fraction of sp³-hybridized carbons (Fsp3) is 0.438. The first kappa shape index (κ1) is 18.4. The van der Waals surface area contributed by atoms with Crippen molar-refractivity contribution in [1.29, 1.82) is 0 Å². The van der Waals surface area contributed by atoms with Crippen molar-refractivity contribution < 1.29 is 17.5 Å². The molecular formula is C16H24N2O3S. The summed E-state index contributed by atoms with van der Waals surface area (Å²) in [5.41, 5.74) is 2.33. The predicted octanol–water partition coefficient (Wildman–Crippen LogP) is 2.39. The highest BCUT2D eigenvalue weighted by Gasteiger charge is 2.07. The van der Waals surface area contributed by atoms with E-state index in [1.54, 1.807) is 12.1 Å². The molecule has 1 aromatic heterocycles. The quantitative estimate of drug-likeness (QED) is 0.693. The van der Waals surface area contributed by atoms with Gasteiger partial charge in [0.05, 0.1) is 11.9 Å². The topological polar surface area (TPSA) is 76.9 Å². The molecule has 0 saturated carbocycles. The van der Waals surface area contributed by atoms with Crippen LogP contribution in [0.25, 0.3) is 0 Å². The van der Waals surface area contributed by atoms with Gasteiger partial charge in [0.15, 0.2) is 0 Å². The zero-order valence-corrected chi connectivity index (χ0v) is 14.4. The first-order valence-corrected chi connectivity index (χ1v) is 8.72. The van der Waals surface area contributed by atoms with Crippen LogP contribution in [0.5, 0.6) is 0 Å². The van der Waals surface area contributed by atoms with Crippen molar-refractivity contribution in [3.05, 3.63) is 47.5 Å². The molecule has 0 bridgehead atoms. The average Bonchev–Trinajstić information content (AvgIpc) is 2.77. The summed E-state index contributed by atoms with van der Waals surface area (Å²) in [5, 5.41) is 0. The van der Waals surface area contributed by atoms with Crippen LogP contribution in [0.4, 0.5) is 0 Å². The van der Waals surface area contributed by atoms with Gasteiger partial charge in [0, 0.05) is 13.3 Å². The van der Waals surface area contributed by atoms with E-state index in [9.17, 15) is 13.0 Å². The van der Waals surface area contributed by atoms with E-state index in [-0.39, 0.29) is 4.90 Å². The van der Waals surface area contributed by atoms with E-state index in [1.165, 1.54) is 42.9 Å². The third-order valence-electron chi connectivity index (χ3n) is 3.48. The molecule has 0 fully saturated rings. The number of aryl methyl sites for hydroxylation is 3. The van der Waals surface area contributed by atoms with Crippen LogP contribution in [0, 0.1) is 13.8 Å². The van der Waals surface area contributed by atoms with Gasteiger partial charge in [0.1, 0.15) is 22.0 Å². The summed E-state index contributed by atoms with van der Waals surface area (Å²) in [7, 11) is -2.16. The normalized spacial score (nSPS) is 11.0. The monoisotopic (exact) mass is 324 g/mol. The second kappa shape index (κ2) is 8.10. The van der Waals surface area contributed by atoms with Crippen molar-refractivity contribution in [2.75, 3.05) is 0 Å². The smallest absolute Gasteiger partial charge is 0.251 e. The van der Waals surface area contributed by atoms with Crippen LogP contribution >= 0.6 is 0 Å². The van der Waals surface area contributed by atoms with Gasteiger partial charge in [0.25, 0.3) is 5.82 Å². The van der Waals surface area contributed by atoms with Crippen LogP contribution in [-0.2, 0) is 23.6 Å². The number of aromatic nitrogens is 2. The largest absolute Gasteiger partial charge is 0.744 e. The van der Waals surface area contributed by atoms with E-state index >= 15 is 0 Å². The molecule has 0 unspecified atom stereocenters. The van der Waals surface area contributed by atoms with E-state index in [0.717, 1.165) is 5.56 Å². The lowest BCUT2D eigenvalue weighted by Gasteiger charge is -2.05. The van der Waals surface area contributed by atoms with E-state index in [2.05, 4.69) is 36.6 Å². The Hall–Kier alpha value is -1.66. The molecular weight excluding hydrogens is 300 g/mol. The Morgan fingerprint density at radius 2 is 1.77 bits per heavy atom. The van der Waals surface area contributed by atoms with Gasteiger partial charge in [-0.3, -0.25) is 0 Å². The van der Waals surface area contributed by atoms with Crippen LogP contribution in [0.15, 0.2) is 35.4 Å². The zero-order chi connectivity index (χ0) is 16.8. The second-order valence-electron chi connectivity index (χ2n) is 5.30. The van der Waals surface area contributed by atoms with Crippen molar-refractivity contribution in [2.24, 2.45) is 7.05 Å². The van der Waals surface area contributed by atoms with Gasteiger partial charge in [-0.15, -0.1) is 0 Å². The molecule has 6 heteroatoms. The lowest BCUT2D eigenvalue weighted by molar-refractivity contribution is -0.683. The van der Waals surface area contributed by atoms with Gasteiger partial charge in [-0.05, 0) is 25.5 Å². The molecule has 1 heterocycles. The number of nitrogens with one attached hydrogen (secondary N) is 1. The lowest BCUT2D eigenvalue weighted by Crippen LogP contribution is -2.33. The molecule has 122 valence electrons. The Morgan fingerprint density at radius 3 is 2.18 bits per heavy atom. The zero-order valence-electron chi connectivity index (χ0n) is 13.6. The van der Waals surface area contributed by atoms with Crippen LogP contribution in [0.3, 0.4) is 0 Å². The Bertz CT molecular complexity index is 689. The number of imidazole rings is 1. The number of hydrogen-bond acceptors (Lipinski definition) is 3. The Kier molecular flexibility index (Phi) is 6.77. The Balaban J connectivity index is 0.000000220. The standard InChI is InChI=1S/C9H16N2.C7H8O3S/c1-4-5-6-9-7-10-8(2)11(9)3;1-6-2-4-7(5-3-6)11(8,9)10/h7H,4-6H2,1-3H3;2-5H,1H3,(H,8,9,10). The lowest BCUT2D eigenvalue weighted by atomic mass is 10.2. The number of nitrogens with zero attached hydrogens (tertiary/aromatic N) is 1. The van der Waals surface area contributed by atoms with E-state index < -0.39 is 10.1 Å². The highest BCUT2D eigenvalue weighted by molar-refractivity contribution is 7.85.